The fraction of sp³-hybridized carbons (Fsp3) is 0.263. The molecule has 6 aromatic rings. The smallest absolute Gasteiger partial charge is 0.227 e. The number of hydrogen-bond donors (Lipinski definition) is 2. The van der Waals surface area contributed by atoms with E-state index in [2.05, 4.69) is 40.3 Å². The van der Waals surface area contributed by atoms with Gasteiger partial charge in [-0.1, -0.05) is 72.8 Å². The monoisotopic (exact) mass is 608 g/mol. The third kappa shape index (κ3) is 5.44. The molecule has 8 rings (SSSR count). The zero-order valence-electron chi connectivity index (χ0n) is 25.7. The first-order valence-corrected chi connectivity index (χ1v) is 16.3. The quantitative estimate of drug-likeness (QED) is 0.206. The molecule has 4 heterocycles. The van der Waals surface area contributed by atoms with E-state index in [9.17, 15) is 9.59 Å². The summed E-state index contributed by atoms with van der Waals surface area (Å²) in [5.41, 5.74) is 7.90. The number of aromatic nitrogens is 4. The molecule has 2 N–H and O–H groups in total. The number of rotatable bonds is 7. The molecule has 1 unspecified atom stereocenters. The number of benzene rings is 4. The number of amides is 2. The van der Waals surface area contributed by atoms with Gasteiger partial charge in [0.2, 0.25) is 11.8 Å². The average Bonchev–Trinajstić information content (AvgIpc) is 3.90. The Hall–Kier alpha value is -5.24. The zero-order valence-corrected chi connectivity index (χ0v) is 25.7. The number of aromatic amines is 2. The van der Waals surface area contributed by atoms with Gasteiger partial charge in [0.15, 0.2) is 0 Å². The molecule has 0 saturated carbocycles. The van der Waals surface area contributed by atoms with Gasteiger partial charge in [-0.2, -0.15) is 0 Å². The molecule has 2 aliphatic heterocycles. The lowest BCUT2D eigenvalue weighted by molar-refractivity contribution is -0.132. The maximum Gasteiger partial charge on any atom is 0.227 e. The molecule has 2 aromatic heterocycles. The summed E-state index contributed by atoms with van der Waals surface area (Å²) < 4.78 is 0. The molecule has 46 heavy (non-hydrogen) atoms. The first-order chi connectivity index (χ1) is 22.6. The Labute approximate surface area is 267 Å². The summed E-state index contributed by atoms with van der Waals surface area (Å²) in [6, 6.07) is 32.3. The van der Waals surface area contributed by atoms with Gasteiger partial charge in [0.25, 0.3) is 0 Å². The van der Waals surface area contributed by atoms with Gasteiger partial charge in [0.05, 0.1) is 47.0 Å². The molecule has 0 spiro atoms. The Balaban J connectivity index is 1.01. The van der Waals surface area contributed by atoms with Crippen LogP contribution in [-0.2, 0) is 22.4 Å². The topological polar surface area (TPSA) is 98.0 Å². The average molecular weight is 609 g/mol. The van der Waals surface area contributed by atoms with Crippen molar-refractivity contribution in [2.75, 3.05) is 13.1 Å². The molecule has 0 aliphatic carbocycles. The number of fused-ring (bicyclic) bond motifs is 2. The van der Waals surface area contributed by atoms with Gasteiger partial charge in [-0.3, -0.25) is 9.59 Å². The summed E-state index contributed by atoms with van der Waals surface area (Å²) in [7, 11) is 0. The first-order valence-electron chi connectivity index (χ1n) is 16.3. The summed E-state index contributed by atoms with van der Waals surface area (Å²) in [5, 5.41) is 0. The van der Waals surface area contributed by atoms with Gasteiger partial charge >= 0.3 is 0 Å². The summed E-state index contributed by atoms with van der Waals surface area (Å²) >= 11 is 0. The minimum atomic E-state index is -0.0411. The maximum atomic E-state index is 13.2. The number of nitrogens with one attached hydrogen (secondary N) is 2. The second kappa shape index (κ2) is 11.9. The summed E-state index contributed by atoms with van der Waals surface area (Å²) in [5.74, 6) is 1.98. The van der Waals surface area contributed by atoms with Crippen molar-refractivity contribution in [3.63, 3.8) is 0 Å². The fourth-order valence-electron chi connectivity index (χ4n) is 7.17. The van der Waals surface area contributed by atoms with Crippen LogP contribution in [0, 0.1) is 0 Å². The van der Waals surface area contributed by atoms with Crippen LogP contribution in [0.2, 0.25) is 0 Å². The summed E-state index contributed by atoms with van der Waals surface area (Å²) in [6.45, 7) is 1.51. The van der Waals surface area contributed by atoms with Crippen LogP contribution in [-0.4, -0.2) is 54.6 Å². The third-order valence-electron chi connectivity index (χ3n) is 9.51. The predicted molar refractivity (Wildman–Crippen MR) is 179 cm³/mol. The Morgan fingerprint density at radius 2 is 1.13 bits per heavy atom. The molecule has 2 saturated heterocycles. The minimum Gasteiger partial charge on any atom is -0.340 e. The number of carbonyl (C=O) groups excluding carboxylic acids is 2. The third-order valence-corrected chi connectivity index (χ3v) is 9.51. The van der Waals surface area contributed by atoms with E-state index in [4.69, 9.17) is 9.97 Å². The molecule has 2 fully saturated rings. The Morgan fingerprint density at radius 1 is 0.609 bits per heavy atom. The largest absolute Gasteiger partial charge is 0.340 e. The van der Waals surface area contributed by atoms with Gasteiger partial charge in [-0.15, -0.1) is 0 Å². The van der Waals surface area contributed by atoms with Crippen LogP contribution in [0.15, 0.2) is 97.1 Å². The number of H-pyrrole nitrogens is 2. The highest BCUT2D eigenvalue weighted by molar-refractivity contribution is 5.87. The molecule has 0 radical (unpaired) electrons. The lowest BCUT2D eigenvalue weighted by Gasteiger charge is -2.23. The number of imidazole rings is 2. The van der Waals surface area contributed by atoms with Crippen molar-refractivity contribution in [1.29, 1.82) is 0 Å². The van der Waals surface area contributed by atoms with Crippen molar-refractivity contribution in [3.05, 3.63) is 120 Å². The Bertz CT molecular complexity index is 1880. The van der Waals surface area contributed by atoms with E-state index in [0.29, 0.717) is 12.8 Å². The van der Waals surface area contributed by atoms with E-state index < -0.39 is 0 Å². The van der Waals surface area contributed by atoms with Crippen LogP contribution in [0.1, 0.15) is 60.5 Å². The molecule has 2 aliphatic rings. The van der Waals surface area contributed by atoms with E-state index in [1.54, 1.807) is 0 Å². The van der Waals surface area contributed by atoms with Crippen molar-refractivity contribution >= 4 is 33.9 Å². The van der Waals surface area contributed by atoms with E-state index >= 15 is 0 Å². The number of hydrogen-bond acceptors (Lipinski definition) is 4. The van der Waals surface area contributed by atoms with Crippen LogP contribution >= 0.6 is 0 Å². The first kappa shape index (κ1) is 28.2. The van der Waals surface area contributed by atoms with Crippen LogP contribution in [0.4, 0.5) is 0 Å². The van der Waals surface area contributed by atoms with E-state index in [1.807, 2.05) is 76.5 Å². The van der Waals surface area contributed by atoms with Crippen molar-refractivity contribution in [2.24, 2.45) is 0 Å². The van der Waals surface area contributed by atoms with Crippen LogP contribution in [0.25, 0.3) is 33.2 Å². The van der Waals surface area contributed by atoms with E-state index in [1.165, 1.54) is 0 Å². The highest BCUT2D eigenvalue weighted by Crippen LogP contribution is 2.35. The van der Waals surface area contributed by atoms with Crippen molar-refractivity contribution < 1.29 is 9.59 Å². The van der Waals surface area contributed by atoms with Crippen LogP contribution in [0.5, 0.6) is 0 Å². The van der Waals surface area contributed by atoms with Gasteiger partial charge in [0, 0.05) is 13.1 Å². The van der Waals surface area contributed by atoms with Crippen molar-refractivity contribution in [2.45, 2.75) is 50.6 Å². The molecule has 230 valence electrons. The Kier molecular flexibility index (Phi) is 7.33. The standard InChI is InChI=1S/C38H36N6O2/c45-35(21-25-9-3-1-4-10-25)43-19-7-13-33(43)37-39-29-17-15-27(23-31(29)41-37)28-16-18-30-32(24-28)42-38(40-30)34-14-8-20-44(34)36(46)22-26-11-5-2-6-12-26/h1-6,9-12,15-18,23-24,33-34H,7-8,13-14,19-22H2,(H,39,41)(H,40,42)/t33-,34?/m0/s1. The SMILES string of the molecule is O=C(Cc1ccccc1)N1CCCC1c1nc2cc(-c3ccc4nc([C@@H]5CCCN5C(=O)Cc5ccccc5)[nH]c4c3)ccc2[nH]1. The predicted octanol–water partition coefficient (Wildman–Crippen LogP) is 6.92. The lowest BCUT2D eigenvalue weighted by atomic mass is 10.0. The highest BCUT2D eigenvalue weighted by atomic mass is 16.2. The molecule has 0 bridgehead atoms. The molecule has 8 nitrogen and oxygen atoms in total. The van der Waals surface area contributed by atoms with Crippen molar-refractivity contribution in [3.8, 4) is 11.1 Å². The minimum absolute atomic E-state index is 0.0402. The number of carbonyl (C=O) groups is 2. The summed E-state index contributed by atoms with van der Waals surface area (Å²) in [4.78, 5) is 47.4. The van der Waals surface area contributed by atoms with Crippen LogP contribution in [0.3, 0.4) is 0 Å². The van der Waals surface area contributed by atoms with E-state index in [0.717, 1.165) is 94.7 Å². The molecular formula is C38H36N6O2. The Morgan fingerprint density at radius 3 is 1.74 bits per heavy atom. The zero-order chi connectivity index (χ0) is 31.0. The van der Waals surface area contributed by atoms with Gasteiger partial charge in [-0.25, -0.2) is 9.97 Å². The maximum absolute atomic E-state index is 13.2. The van der Waals surface area contributed by atoms with E-state index in [-0.39, 0.29) is 23.9 Å². The summed E-state index contributed by atoms with van der Waals surface area (Å²) in [6.07, 6.45) is 4.56. The normalized spacial score (nSPS) is 18.2. The number of nitrogens with zero attached hydrogens (tertiary/aromatic N) is 4. The van der Waals surface area contributed by atoms with Crippen molar-refractivity contribution in [1.82, 2.24) is 29.7 Å². The molecule has 4 aromatic carbocycles. The van der Waals surface area contributed by atoms with Crippen LogP contribution < -0.4 is 0 Å². The van der Waals surface area contributed by atoms with Gasteiger partial charge in [-0.05, 0) is 72.2 Å². The second-order valence-corrected chi connectivity index (χ2v) is 12.5. The molecule has 2 amide bonds. The fourth-order valence-corrected chi connectivity index (χ4v) is 7.17. The lowest BCUT2D eigenvalue weighted by Crippen LogP contribution is -2.32. The molecule has 8 heteroatoms. The molecular weight excluding hydrogens is 572 g/mol. The van der Waals surface area contributed by atoms with Gasteiger partial charge in [0.1, 0.15) is 11.6 Å². The number of likely N-dealkylation sites (tertiary alicyclic amines) is 2. The molecule has 2 atom stereocenters. The van der Waals surface area contributed by atoms with Gasteiger partial charge < -0.3 is 19.8 Å². The highest BCUT2D eigenvalue weighted by Gasteiger charge is 2.33. The second-order valence-electron chi connectivity index (χ2n) is 12.5.